The highest BCUT2D eigenvalue weighted by atomic mass is 32.2. The lowest BCUT2D eigenvalue weighted by Gasteiger charge is -2.15. The van der Waals surface area contributed by atoms with Crippen molar-refractivity contribution >= 4 is 9.84 Å². The third-order valence-electron chi connectivity index (χ3n) is 5.80. The first-order chi connectivity index (χ1) is 14.6. The van der Waals surface area contributed by atoms with Crippen LogP contribution in [0, 0.1) is 0 Å². The second-order valence-corrected chi connectivity index (χ2v) is 11.2. The van der Waals surface area contributed by atoms with Crippen molar-refractivity contribution in [2.45, 2.75) is 136 Å². The number of unbranched alkanes of at least 4 members (excludes halogenated alkanes) is 16. The molecule has 1 unspecified atom stereocenters. The van der Waals surface area contributed by atoms with Crippen molar-refractivity contribution in [1.29, 1.82) is 0 Å². The zero-order valence-corrected chi connectivity index (χ0v) is 21.0. The fraction of sp³-hybridized carbons (Fsp3) is 1.00. The van der Waals surface area contributed by atoms with E-state index >= 15 is 0 Å². The highest BCUT2D eigenvalue weighted by molar-refractivity contribution is 7.91. The Morgan fingerprint density at radius 1 is 0.633 bits per heavy atom. The molecule has 1 N–H and O–H groups in total. The Hall–Kier alpha value is -0.130. The van der Waals surface area contributed by atoms with Crippen LogP contribution in [0.2, 0.25) is 0 Å². The fourth-order valence-electron chi connectivity index (χ4n) is 3.82. The molecule has 0 aliphatic heterocycles. The van der Waals surface area contributed by atoms with Gasteiger partial charge < -0.3 is 9.84 Å². The lowest BCUT2D eigenvalue weighted by atomic mass is 10.1. The van der Waals surface area contributed by atoms with Crippen LogP contribution in [-0.2, 0) is 14.6 Å². The van der Waals surface area contributed by atoms with E-state index in [1.165, 1.54) is 83.5 Å². The molecule has 1 atom stereocenters. The number of sulfone groups is 1. The van der Waals surface area contributed by atoms with Crippen molar-refractivity contribution < 1.29 is 18.3 Å². The van der Waals surface area contributed by atoms with E-state index in [0.717, 1.165) is 32.1 Å². The van der Waals surface area contributed by atoms with Gasteiger partial charge in [0.05, 0.1) is 24.2 Å². The van der Waals surface area contributed by atoms with E-state index in [1.54, 1.807) is 0 Å². The smallest absolute Gasteiger partial charge is 0.152 e. The summed E-state index contributed by atoms with van der Waals surface area (Å²) in [4.78, 5) is 0. The summed E-state index contributed by atoms with van der Waals surface area (Å²) in [6.45, 7) is 4.80. The second-order valence-electron chi connectivity index (χ2n) is 8.95. The normalized spacial score (nSPS) is 13.0. The van der Waals surface area contributed by atoms with Gasteiger partial charge in [0, 0.05) is 6.61 Å². The maximum Gasteiger partial charge on any atom is 0.152 e. The lowest BCUT2D eigenvalue weighted by molar-refractivity contribution is 0.0250. The lowest BCUT2D eigenvalue weighted by Crippen LogP contribution is -2.29. The van der Waals surface area contributed by atoms with Crippen LogP contribution in [0.1, 0.15) is 129 Å². The average Bonchev–Trinajstić information content (AvgIpc) is 2.73. The topological polar surface area (TPSA) is 63.6 Å². The van der Waals surface area contributed by atoms with E-state index in [-0.39, 0.29) is 18.1 Å². The third kappa shape index (κ3) is 21.1. The van der Waals surface area contributed by atoms with Crippen molar-refractivity contribution in [3.8, 4) is 0 Å². The summed E-state index contributed by atoms with van der Waals surface area (Å²) < 4.78 is 30.2. The molecular formula is C25H52O4S. The van der Waals surface area contributed by atoms with E-state index in [9.17, 15) is 13.5 Å². The molecule has 0 aliphatic carbocycles. The molecule has 0 radical (unpaired) electrons. The molecule has 4 nitrogen and oxygen atoms in total. The highest BCUT2D eigenvalue weighted by Crippen LogP contribution is 2.12. The van der Waals surface area contributed by atoms with Gasteiger partial charge in [0.15, 0.2) is 9.84 Å². The predicted molar refractivity (Wildman–Crippen MR) is 130 cm³/mol. The monoisotopic (exact) mass is 448 g/mol. The fourth-order valence-corrected chi connectivity index (χ4v) is 5.39. The van der Waals surface area contributed by atoms with E-state index in [4.69, 9.17) is 4.74 Å². The van der Waals surface area contributed by atoms with Gasteiger partial charge in [-0.2, -0.15) is 0 Å². The van der Waals surface area contributed by atoms with Crippen LogP contribution < -0.4 is 0 Å². The second kappa shape index (κ2) is 22.1. The SMILES string of the molecule is CCCCCCCCCCCOC(CO)CS(=O)(=O)CCCCCCCCCCC. The first kappa shape index (κ1) is 29.9. The molecule has 30 heavy (non-hydrogen) atoms. The molecule has 0 saturated carbocycles. The molecule has 0 spiro atoms. The van der Waals surface area contributed by atoms with Crippen LogP contribution in [-0.4, -0.2) is 44.3 Å². The Morgan fingerprint density at radius 2 is 1.03 bits per heavy atom. The summed E-state index contributed by atoms with van der Waals surface area (Å²) in [5.41, 5.74) is 0. The minimum absolute atomic E-state index is 0.0437. The van der Waals surface area contributed by atoms with Crippen LogP contribution in [0.15, 0.2) is 0 Å². The van der Waals surface area contributed by atoms with Crippen LogP contribution in [0.25, 0.3) is 0 Å². The summed E-state index contributed by atoms with van der Waals surface area (Å²) in [5.74, 6) is 0.179. The van der Waals surface area contributed by atoms with Crippen molar-refractivity contribution in [2.24, 2.45) is 0 Å². The summed E-state index contributed by atoms with van der Waals surface area (Å²) in [6.07, 6.45) is 21.2. The molecule has 0 rings (SSSR count). The van der Waals surface area contributed by atoms with E-state index < -0.39 is 15.9 Å². The van der Waals surface area contributed by atoms with Gasteiger partial charge in [0.1, 0.15) is 0 Å². The summed E-state index contributed by atoms with van der Waals surface area (Å²) in [5, 5.41) is 9.47. The molecular weight excluding hydrogens is 396 g/mol. The largest absolute Gasteiger partial charge is 0.394 e. The Balaban J connectivity index is 3.66. The average molecular weight is 449 g/mol. The molecule has 0 heterocycles. The van der Waals surface area contributed by atoms with Gasteiger partial charge >= 0.3 is 0 Å². The summed E-state index contributed by atoms with van der Waals surface area (Å²) >= 11 is 0. The molecule has 0 bridgehead atoms. The Morgan fingerprint density at radius 3 is 1.47 bits per heavy atom. The first-order valence-corrected chi connectivity index (χ1v) is 14.8. The number of aliphatic hydroxyl groups is 1. The number of hydrogen-bond donors (Lipinski definition) is 1. The van der Waals surface area contributed by atoms with Gasteiger partial charge in [-0.05, 0) is 12.8 Å². The molecule has 0 aromatic carbocycles. The van der Waals surface area contributed by atoms with Gasteiger partial charge in [0.2, 0.25) is 0 Å². The van der Waals surface area contributed by atoms with E-state index in [0.29, 0.717) is 6.61 Å². The van der Waals surface area contributed by atoms with Gasteiger partial charge in [-0.1, -0.05) is 117 Å². The molecule has 0 aliphatic rings. The standard InChI is InChI=1S/C25H52O4S/c1-3-5-7-9-11-13-15-17-19-21-29-25(23-26)24-30(27,28)22-20-18-16-14-12-10-8-6-4-2/h25-26H,3-24H2,1-2H3. The first-order valence-electron chi connectivity index (χ1n) is 13.0. The van der Waals surface area contributed by atoms with Gasteiger partial charge in [-0.15, -0.1) is 0 Å². The highest BCUT2D eigenvalue weighted by Gasteiger charge is 2.19. The van der Waals surface area contributed by atoms with Crippen molar-refractivity contribution in [3.63, 3.8) is 0 Å². The quantitative estimate of drug-likeness (QED) is 0.164. The van der Waals surface area contributed by atoms with Gasteiger partial charge in [0.25, 0.3) is 0 Å². The van der Waals surface area contributed by atoms with Crippen LogP contribution >= 0.6 is 0 Å². The molecule has 5 heteroatoms. The molecule has 0 aromatic rings. The van der Waals surface area contributed by atoms with E-state index in [2.05, 4.69) is 13.8 Å². The Bertz CT molecular complexity index is 436. The maximum absolute atomic E-state index is 12.3. The van der Waals surface area contributed by atoms with Crippen LogP contribution in [0.4, 0.5) is 0 Å². The zero-order chi connectivity index (χ0) is 22.3. The molecule has 0 aromatic heterocycles. The zero-order valence-electron chi connectivity index (χ0n) is 20.2. The third-order valence-corrected chi connectivity index (χ3v) is 7.59. The van der Waals surface area contributed by atoms with Crippen molar-refractivity contribution in [3.05, 3.63) is 0 Å². The summed E-state index contributed by atoms with van der Waals surface area (Å²) in [7, 11) is -3.15. The molecule has 0 saturated heterocycles. The number of ether oxygens (including phenoxy) is 1. The minimum Gasteiger partial charge on any atom is -0.394 e. The molecule has 0 amide bonds. The number of hydrogen-bond acceptors (Lipinski definition) is 4. The molecule has 0 fully saturated rings. The van der Waals surface area contributed by atoms with Crippen molar-refractivity contribution in [2.75, 3.05) is 24.7 Å². The molecule has 182 valence electrons. The predicted octanol–water partition coefficient (Wildman–Crippen LogP) is 6.84. The summed E-state index contributed by atoms with van der Waals surface area (Å²) in [6, 6.07) is 0. The Labute approximate surface area is 188 Å². The van der Waals surface area contributed by atoms with Crippen LogP contribution in [0.3, 0.4) is 0 Å². The van der Waals surface area contributed by atoms with Gasteiger partial charge in [-0.25, -0.2) is 8.42 Å². The van der Waals surface area contributed by atoms with Gasteiger partial charge in [-0.3, -0.25) is 0 Å². The van der Waals surface area contributed by atoms with E-state index in [1.807, 2.05) is 0 Å². The van der Waals surface area contributed by atoms with Crippen molar-refractivity contribution in [1.82, 2.24) is 0 Å². The number of rotatable bonds is 24. The van der Waals surface area contributed by atoms with Crippen LogP contribution in [0.5, 0.6) is 0 Å². The maximum atomic E-state index is 12.3. The minimum atomic E-state index is -3.15. The Kier molecular flexibility index (Phi) is 22.0. The number of aliphatic hydroxyl groups excluding tert-OH is 1.